The van der Waals surface area contributed by atoms with E-state index < -0.39 is 12.0 Å². The summed E-state index contributed by atoms with van der Waals surface area (Å²) in [7, 11) is 0. The van der Waals surface area contributed by atoms with Crippen LogP contribution in [-0.2, 0) is 6.42 Å². The number of aromatic amines is 1. The van der Waals surface area contributed by atoms with E-state index in [1.165, 1.54) is 0 Å². The predicted octanol–water partition coefficient (Wildman–Crippen LogP) is 1.38. The van der Waals surface area contributed by atoms with E-state index >= 15 is 0 Å². The molecule has 0 aromatic carbocycles. The minimum absolute atomic E-state index is 0.0736. The molecule has 0 atom stereocenters. The third-order valence-corrected chi connectivity index (χ3v) is 1.44. The molecule has 1 aromatic heterocycles. The summed E-state index contributed by atoms with van der Waals surface area (Å²) in [6.07, 6.45) is -2.75. The summed E-state index contributed by atoms with van der Waals surface area (Å²) in [5.74, 6) is 0. The van der Waals surface area contributed by atoms with Gasteiger partial charge in [-0.15, -0.1) is 0 Å². The van der Waals surface area contributed by atoms with Crippen LogP contribution in [0.1, 0.15) is 17.7 Å². The van der Waals surface area contributed by atoms with Crippen molar-refractivity contribution in [2.45, 2.75) is 12.8 Å². The van der Waals surface area contributed by atoms with Crippen LogP contribution in [0.3, 0.4) is 0 Å². The molecule has 0 fully saturated rings. The third-order valence-electron chi connectivity index (χ3n) is 1.44. The first-order valence-corrected chi connectivity index (χ1v) is 3.51. The largest absolute Gasteiger partial charge is 0.325 e. The topological polar surface area (TPSA) is 56.6 Å². The second-order valence-corrected chi connectivity index (χ2v) is 2.44. The summed E-state index contributed by atoms with van der Waals surface area (Å²) < 4.78 is 24.3. The Bertz CT molecular complexity index is 392. The van der Waals surface area contributed by atoms with Crippen LogP contribution in [-0.4, -0.2) is 4.98 Å². The van der Waals surface area contributed by atoms with Crippen LogP contribution in [0.2, 0.25) is 0 Å². The summed E-state index contributed by atoms with van der Waals surface area (Å²) in [6.45, 7) is 0. The van der Waals surface area contributed by atoms with E-state index in [1.807, 2.05) is 0 Å². The average Bonchev–Trinajstić information content (AvgIpc) is 2.03. The van der Waals surface area contributed by atoms with Gasteiger partial charge in [0.1, 0.15) is 0 Å². The van der Waals surface area contributed by atoms with Crippen molar-refractivity contribution in [2.24, 2.45) is 0 Å². The first kappa shape index (κ1) is 9.39. The zero-order chi connectivity index (χ0) is 9.84. The lowest BCUT2D eigenvalue weighted by molar-refractivity contribution is 0.151. The van der Waals surface area contributed by atoms with E-state index in [1.54, 1.807) is 6.07 Å². The molecule has 1 aromatic rings. The van der Waals surface area contributed by atoms with Crippen molar-refractivity contribution in [3.8, 4) is 6.07 Å². The van der Waals surface area contributed by atoms with Crippen LogP contribution < -0.4 is 5.56 Å². The quantitative estimate of drug-likeness (QED) is 0.754. The second kappa shape index (κ2) is 3.81. The fourth-order valence-electron chi connectivity index (χ4n) is 0.931. The number of H-pyrrole nitrogens is 1. The van der Waals surface area contributed by atoms with Crippen LogP contribution in [0.5, 0.6) is 0 Å². The maximum atomic E-state index is 12.1. The molecule has 5 heteroatoms. The van der Waals surface area contributed by atoms with Gasteiger partial charge in [-0.1, -0.05) is 0 Å². The lowest BCUT2D eigenvalue weighted by atomic mass is 10.2. The van der Waals surface area contributed by atoms with Gasteiger partial charge in [-0.05, 0) is 6.07 Å². The van der Waals surface area contributed by atoms with Gasteiger partial charge in [0.05, 0.1) is 12.5 Å². The van der Waals surface area contributed by atoms with Gasteiger partial charge in [0.2, 0.25) is 5.56 Å². The number of halogens is 2. The highest BCUT2D eigenvalue weighted by Gasteiger charge is 2.08. The minimum atomic E-state index is -2.68. The van der Waals surface area contributed by atoms with Crippen LogP contribution in [0.25, 0.3) is 0 Å². The highest BCUT2D eigenvalue weighted by atomic mass is 19.3. The summed E-state index contributed by atoms with van der Waals surface area (Å²) in [5.41, 5.74) is -0.748. The van der Waals surface area contributed by atoms with Gasteiger partial charge in [0.25, 0.3) is 6.43 Å². The lowest BCUT2D eigenvalue weighted by Crippen LogP contribution is -2.09. The maximum Gasteiger partial charge on any atom is 0.264 e. The molecule has 1 heterocycles. The van der Waals surface area contributed by atoms with E-state index in [2.05, 4.69) is 4.98 Å². The Balaban J connectivity index is 3.13. The molecule has 0 aliphatic carbocycles. The van der Waals surface area contributed by atoms with E-state index in [0.717, 1.165) is 12.1 Å². The molecule has 0 spiro atoms. The Morgan fingerprint density at radius 3 is 2.77 bits per heavy atom. The Kier molecular flexibility index (Phi) is 2.75. The summed E-state index contributed by atoms with van der Waals surface area (Å²) in [5, 5.41) is 8.28. The SMILES string of the molecule is N#CCc1cc(C(F)F)cc(=O)[nH]1. The van der Waals surface area contributed by atoms with Gasteiger partial charge in [-0.2, -0.15) is 5.26 Å². The first-order chi connectivity index (χ1) is 6.13. The van der Waals surface area contributed by atoms with Crippen molar-refractivity contribution in [2.75, 3.05) is 0 Å². The maximum absolute atomic E-state index is 12.1. The highest BCUT2D eigenvalue weighted by Crippen LogP contribution is 2.16. The fraction of sp³-hybridized carbons (Fsp3) is 0.250. The normalized spacial score (nSPS) is 10.0. The van der Waals surface area contributed by atoms with Crippen LogP contribution >= 0.6 is 0 Å². The lowest BCUT2D eigenvalue weighted by Gasteiger charge is -2.00. The summed E-state index contributed by atoms with van der Waals surface area (Å²) in [4.78, 5) is 13.1. The molecule has 0 aliphatic heterocycles. The van der Waals surface area contributed by atoms with Crippen molar-refractivity contribution in [1.82, 2.24) is 4.98 Å². The van der Waals surface area contributed by atoms with E-state index in [9.17, 15) is 13.6 Å². The van der Waals surface area contributed by atoms with Gasteiger partial charge in [0.15, 0.2) is 0 Å². The fourth-order valence-corrected chi connectivity index (χ4v) is 0.931. The number of hydrogen-bond donors (Lipinski definition) is 1. The van der Waals surface area contributed by atoms with Crippen molar-refractivity contribution >= 4 is 0 Å². The van der Waals surface area contributed by atoms with Crippen molar-refractivity contribution in [3.63, 3.8) is 0 Å². The zero-order valence-electron chi connectivity index (χ0n) is 6.55. The second-order valence-electron chi connectivity index (χ2n) is 2.44. The van der Waals surface area contributed by atoms with Crippen LogP contribution in [0, 0.1) is 11.3 Å². The van der Waals surface area contributed by atoms with Crippen molar-refractivity contribution in [3.05, 3.63) is 33.7 Å². The van der Waals surface area contributed by atoms with Crippen LogP contribution in [0.15, 0.2) is 16.9 Å². The Hall–Kier alpha value is -1.70. The molecule has 13 heavy (non-hydrogen) atoms. The highest BCUT2D eigenvalue weighted by molar-refractivity contribution is 5.19. The number of hydrogen-bond acceptors (Lipinski definition) is 2. The van der Waals surface area contributed by atoms with Gasteiger partial charge in [-0.3, -0.25) is 4.79 Å². The molecule has 68 valence electrons. The van der Waals surface area contributed by atoms with Gasteiger partial charge in [0, 0.05) is 17.3 Å². The Morgan fingerprint density at radius 2 is 2.23 bits per heavy atom. The van der Waals surface area contributed by atoms with Gasteiger partial charge >= 0.3 is 0 Å². The molecule has 3 nitrogen and oxygen atoms in total. The molecule has 0 saturated heterocycles. The molecule has 0 unspecified atom stereocenters. The van der Waals surface area contributed by atoms with Crippen molar-refractivity contribution < 1.29 is 8.78 Å². The van der Waals surface area contributed by atoms with E-state index in [0.29, 0.717) is 0 Å². The molecule has 0 aliphatic rings. The molecule has 0 radical (unpaired) electrons. The monoisotopic (exact) mass is 184 g/mol. The number of nitriles is 1. The first-order valence-electron chi connectivity index (χ1n) is 3.51. The summed E-state index contributed by atoms with van der Waals surface area (Å²) >= 11 is 0. The third kappa shape index (κ3) is 2.37. The number of nitrogens with zero attached hydrogens (tertiary/aromatic N) is 1. The molecule has 0 amide bonds. The molecule has 0 saturated carbocycles. The van der Waals surface area contributed by atoms with Crippen LogP contribution in [0.4, 0.5) is 8.78 Å². The molecule has 1 N–H and O–H groups in total. The smallest absolute Gasteiger partial charge is 0.264 e. The van der Waals surface area contributed by atoms with E-state index in [4.69, 9.17) is 5.26 Å². The van der Waals surface area contributed by atoms with Gasteiger partial charge < -0.3 is 4.98 Å². The number of pyridine rings is 1. The Labute approximate surface area is 72.6 Å². The molecule has 0 bridgehead atoms. The van der Waals surface area contributed by atoms with Gasteiger partial charge in [-0.25, -0.2) is 8.78 Å². The zero-order valence-corrected chi connectivity index (χ0v) is 6.55. The number of rotatable bonds is 2. The summed E-state index contributed by atoms with van der Waals surface area (Å²) in [6, 6.07) is 3.71. The Morgan fingerprint density at radius 1 is 1.54 bits per heavy atom. The molecule has 1 rings (SSSR count). The number of aromatic nitrogens is 1. The standard InChI is InChI=1S/C8H6F2N2O/c9-8(10)5-3-6(1-2-11)12-7(13)4-5/h3-4,8H,1H2,(H,12,13). The number of alkyl halides is 2. The molecular formula is C8H6F2N2O. The van der Waals surface area contributed by atoms with Crippen molar-refractivity contribution in [1.29, 1.82) is 5.26 Å². The minimum Gasteiger partial charge on any atom is -0.325 e. The predicted molar refractivity (Wildman–Crippen MR) is 41.3 cm³/mol. The molecular weight excluding hydrogens is 178 g/mol. The number of nitrogens with one attached hydrogen (secondary N) is 1. The average molecular weight is 184 g/mol. The van der Waals surface area contributed by atoms with E-state index in [-0.39, 0.29) is 17.7 Å².